The topological polar surface area (TPSA) is 70.7 Å². The van der Waals surface area contributed by atoms with Crippen molar-refractivity contribution in [3.05, 3.63) is 24.3 Å². The summed E-state index contributed by atoms with van der Waals surface area (Å²) < 4.78 is 5.36. The van der Waals surface area contributed by atoms with E-state index in [9.17, 15) is 9.59 Å². The zero-order valence-electron chi connectivity index (χ0n) is 13.1. The van der Waals surface area contributed by atoms with Gasteiger partial charge in [0.2, 0.25) is 11.8 Å². The number of rotatable bonds is 5. The minimum atomic E-state index is -0.166. The molecular weight excluding hydrogens is 282 g/mol. The van der Waals surface area contributed by atoms with Crippen LogP contribution in [0.2, 0.25) is 0 Å². The number of hydrogen-bond donors (Lipinski definition) is 2. The van der Waals surface area contributed by atoms with Gasteiger partial charge in [0.15, 0.2) is 0 Å². The molecule has 120 valence electrons. The molecule has 0 spiro atoms. The monoisotopic (exact) mass is 305 g/mol. The molecule has 2 amide bonds. The maximum absolute atomic E-state index is 12.2. The number of nitrogens with zero attached hydrogens (tertiary/aromatic N) is 1. The summed E-state index contributed by atoms with van der Waals surface area (Å²) in [6.45, 7) is 3.45. The molecule has 0 aromatic heterocycles. The van der Waals surface area contributed by atoms with Crippen molar-refractivity contribution in [2.45, 2.75) is 25.9 Å². The normalized spacial score (nSPS) is 18.7. The molecule has 0 bridgehead atoms. The lowest BCUT2D eigenvalue weighted by Gasteiger charge is -2.31. The van der Waals surface area contributed by atoms with Gasteiger partial charge in [-0.15, -0.1) is 0 Å². The third kappa shape index (κ3) is 4.82. The third-order valence-electron chi connectivity index (χ3n) is 3.67. The minimum Gasteiger partial charge on any atom is -0.380 e. The van der Waals surface area contributed by atoms with Crippen LogP contribution in [-0.4, -0.2) is 49.6 Å². The average Bonchev–Trinajstić information content (AvgIpc) is 2.49. The summed E-state index contributed by atoms with van der Waals surface area (Å²) >= 11 is 0. The van der Waals surface area contributed by atoms with Crippen molar-refractivity contribution in [3.63, 3.8) is 0 Å². The molecule has 6 nitrogen and oxygen atoms in total. The molecule has 0 unspecified atom stereocenters. The minimum absolute atomic E-state index is 0.0884. The van der Waals surface area contributed by atoms with Crippen LogP contribution in [0.3, 0.4) is 0 Å². The smallest absolute Gasteiger partial charge is 0.238 e. The Bertz CT molecular complexity index is 533. The first kappa shape index (κ1) is 16.5. The number of carbonyl (C=O) groups is 2. The Morgan fingerprint density at radius 1 is 1.27 bits per heavy atom. The van der Waals surface area contributed by atoms with Crippen LogP contribution >= 0.6 is 0 Å². The molecule has 1 fully saturated rings. The van der Waals surface area contributed by atoms with Crippen molar-refractivity contribution in [1.82, 2.24) is 4.90 Å². The highest BCUT2D eigenvalue weighted by molar-refractivity contribution is 5.99. The Morgan fingerprint density at radius 3 is 2.59 bits per heavy atom. The van der Waals surface area contributed by atoms with E-state index in [0.29, 0.717) is 17.9 Å². The van der Waals surface area contributed by atoms with Crippen molar-refractivity contribution in [2.75, 3.05) is 37.4 Å². The van der Waals surface area contributed by atoms with Crippen LogP contribution < -0.4 is 10.6 Å². The molecule has 0 aliphatic carbocycles. The fourth-order valence-electron chi connectivity index (χ4n) is 2.63. The van der Waals surface area contributed by atoms with Gasteiger partial charge in [-0.05, 0) is 31.5 Å². The van der Waals surface area contributed by atoms with E-state index in [1.165, 1.54) is 6.92 Å². The van der Waals surface area contributed by atoms with Crippen LogP contribution in [0.15, 0.2) is 24.3 Å². The van der Waals surface area contributed by atoms with Gasteiger partial charge in [0.05, 0.1) is 24.0 Å². The third-order valence-corrected chi connectivity index (χ3v) is 3.67. The number of hydrogen-bond acceptors (Lipinski definition) is 4. The molecule has 0 saturated carbocycles. The van der Waals surface area contributed by atoms with Crippen molar-refractivity contribution >= 4 is 23.2 Å². The number of nitrogens with one attached hydrogen (secondary N) is 2. The molecule has 1 aromatic rings. The highest BCUT2D eigenvalue weighted by Crippen LogP contribution is 2.21. The number of methoxy groups -OCH3 is 1. The van der Waals surface area contributed by atoms with Crippen LogP contribution in [-0.2, 0) is 14.3 Å². The predicted molar refractivity (Wildman–Crippen MR) is 85.8 cm³/mol. The van der Waals surface area contributed by atoms with Crippen LogP contribution in [0, 0.1) is 0 Å². The van der Waals surface area contributed by atoms with Crippen molar-refractivity contribution in [2.24, 2.45) is 0 Å². The molecule has 2 N–H and O–H groups in total. The Balaban J connectivity index is 1.93. The highest BCUT2D eigenvalue weighted by atomic mass is 16.5. The lowest BCUT2D eigenvalue weighted by molar-refractivity contribution is -0.118. The Labute approximate surface area is 130 Å². The zero-order chi connectivity index (χ0) is 15.9. The number of ether oxygens (including phenoxy) is 1. The maximum atomic E-state index is 12.2. The first-order valence-corrected chi connectivity index (χ1v) is 7.50. The van der Waals surface area contributed by atoms with E-state index < -0.39 is 0 Å². The average molecular weight is 305 g/mol. The van der Waals surface area contributed by atoms with Crippen LogP contribution in [0.4, 0.5) is 11.4 Å². The van der Waals surface area contributed by atoms with Gasteiger partial charge in [-0.1, -0.05) is 12.1 Å². The summed E-state index contributed by atoms with van der Waals surface area (Å²) in [5.74, 6) is -0.254. The summed E-state index contributed by atoms with van der Waals surface area (Å²) in [7, 11) is 1.71. The highest BCUT2D eigenvalue weighted by Gasteiger charge is 2.21. The summed E-state index contributed by atoms with van der Waals surface area (Å²) in [6, 6.07) is 7.17. The Morgan fingerprint density at radius 2 is 1.95 bits per heavy atom. The van der Waals surface area contributed by atoms with E-state index in [1.807, 2.05) is 12.1 Å². The van der Waals surface area contributed by atoms with E-state index in [4.69, 9.17) is 4.74 Å². The van der Waals surface area contributed by atoms with Gasteiger partial charge < -0.3 is 15.4 Å². The maximum Gasteiger partial charge on any atom is 0.238 e. The van der Waals surface area contributed by atoms with E-state index in [2.05, 4.69) is 15.5 Å². The van der Waals surface area contributed by atoms with E-state index in [-0.39, 0.29) is 17.9 Å². The number of likely N-dealkylation sites (tertiary alicyclic amines) is 1. The van der Waals surface area contributed by atoms with Gasteiger partial charge in [0.25, 0.3) is 0 Å². The molecule has 1 heterocycles. The molecule has 1 aromatic carbocycles. The zero-order valence-corrected chi connectivity index (χ0v) is 13.1. The first-order chi connectivity index (χ1) is 10.6. The van der Waals surface area contributed by atoms with E-state index in [1.54, 1.807) is 19.2 Å². The molecule has 2 rings (SSSR count). The van der Waals surface area contributed by atoms with Crippen LogP contribution in [0.1, 0.15) is 19.8 Å². The van der Waals surface area contributed by atoms with Gasteiger partial charge in [0, 0.05) is 20.6 Å². The van der Waals surface area contributed by atoms with Crippen LogP contribution in [0.5, 0.6) is 0 Å². The number of carbonyl (C=O) groups excluding carboxylic acids is 2. The van der Waals surface area contributed by atoms with Gasteiger partial charge in [-0.2, -0.15) is 0 Å². The van der Waals surface area contributed by atoms with Crippen molar-refractivity contribution < 1.29 is 14.3 Å². The lowest BCUT2D eigenvalue weighted by atomic mass is 10.1. The molecule has 6 heteroatoms. The number of benzene rings is 1. The van der Waals surface area contributed by atoms with Gasteiger partial charge in [-0.3, -0.25) is 14.5 Å². The van der Waals surface area contributed by atoms with Crippen molar-refractivity contribution in [3.8, 4) is 0 Å². The Kier molecular flexibility index (Phi) is 5.91. The summed E-state index contributed by atoms with van der Waals surface area (Å²) in [4.78, 5) is 25.5. The quantitative estimate of drug-likeness (QED) is 0.868. The number of para-hydroxylation sites is 2. The standard InChI is InChI=1S/C16H23N3O3/c1-12(20)17-14-7-3-4-8-15(14)18-16(21)11-19-9-5-6-13(10-19)22-2/h3-4,7-8,13H,5-6,9-11H2,1-2H3,(H,17,20)(H,18,21)/t13-/m0/s1. The fourth-order valence-corrected chi connectivity index (χ4v) is 2.63. The van der Waals surface area contributed by atoms with Crippen LogP contribution in [0.25, 0.3) is 0 Å². The lowest BCUT2D eigenvalue weighted by Crippen LogP contribution is -2.43. The second-order valence-corrected chi connectivity index (χ2v) is 5.51. The largest absolute Gasteiger partial charge is 0.380 e. The summed E-state index contributed by atoms with van der Waals surface area (Å²) in [5.41, 5.74) is 1.22. The SMILES string of the molecule is CO[C@H]1CCCN(CC(=O)Nc2ccccc2NC(C)=O)C1. The molecule has 1 aliphatic heterocycles. The number of anilines is 2. The fraction of sp³-hybridized carbons (Fsp3) is 0.500. The second-order valence-electron chi connectivity index (χ2n) is 5.51. The van der Waals surface area contributed by atoms with Gasteiger partial charge in [-0.25, -0.2) is 0 Å². The predicted octanol–water partition coefficient (Wildman–Crippen LogP) is 1.69. The molecule has 0 radical (unpaired) electrons. The second kappa shape index (κ2) is 7.91. The van der Waals surface area contributed by atoms with Gasteiger partial charge in [0.1, 0.15) is 0 Å². The van der Waals surface area contributed by atoms with E-state index >= 15 is 0 Å². The molecule has 1 aliphatic rings. The molecule has 1 saturated heterocycles. The Hall–Kier alpha value is -1.92. The van der Waals surface area contributed by atoms with E-state index in [0.717, 1.165) is 25.9 Å². The number of amides is 2. The molecule has 1 atom stereocenters. The first-order valence-electron chi connectivity index (χ1n) is 7.50. The molecular formula is C16H23N3O3. The number of piperidine rings is 1. The summed E-state index contributed by atoms with van der Waals surface area (Å²) in [6.07, 6.45) is 2.28. The molecule has 22 heavy (non-hydrogen) atoms. The summed E-state index contributed by atoms with van der Waals surface area (Å²) in [5, 5.41) is 5.57. The van der Waals surface area contributed by atoms with Gasteiger partial charge >= 0.3 is 0 Å². The van der Waals surface area contributed by atoms with Crippen molar-refractivity contribution in [1.29, 1.82) is 0 Å².